The zero-order valence-corrected chi connectivity index (χ0v) is 28.1. The van der Waals surface area contributed by atoms with Crippen molar-refractivity contribution in [2.24, 2.45) is 0 Å². The lowest BCUT2D eigenvalue weighted by Gasteiger charge is -2.34. The summed E-state index contributed by atoms with van der Waals surface area (Å²) in [6.45, 7) is 5.50. The van der Waals surface area contributed by atoms with E-state index in [2.05, 4.69) is 5.32 Å². The van der Waals surface area contributed by atoms with E-state index in [0.717, 1.165) is 21.0 Å². The van der Waals surface area contributed by atoms with E-state index in [4.69, 9.17) is 16.3 Å². The maximum atomic E-state index is 14.6. The van der Waals surface area contributed by atoms with Crippen LogP contribution in [0, 0.1) is 13.8 Å². The summed E-state index contributed by atoms with van der Waals surface area (Å²) in [6.07, 6.45) is 0.947. The molecule has 0 fully saturated rings. The molecular formula is C36H40ClN3O5S. The Morgan fingerprint density at radius 1 is 0.891 bits per heavy atom. The second-order valence-electron chi connectivity index (χ2n) is 11.1. The Balaban J connectivity index is 1.83. The quantitative estimate of drug-likeness (QED) is 0.171. The Bertz CT molecular complexity index is 1750. The van der Waals surface area contributed by atoms with Crippen LogP contribution < -0.4 is 14.4 Å². The van der Waals surface area contributed by atoms with Gasteiger partial charge in [-0.25, -0.2) is 8.42 Å². The van der Waals surface area contributed by atoms with Gasteiger partial charge in [-0.3, -0.25) is 13.9 Å². The van der Waals surface area contributed by atoms with Gasteiger partial charge in [0.05, 0.1) is 17.7 Å². The number of hydrogen-bond donors (Lipinski definition) is 1. The van der Waals surface area contributed by atoms with Crippen LogP contribution in [0.3, 0.4) is 0 Å². The third-order valence-corrected chi connectivity index (χ3v) is 9.63. The molecule has 1 N–H and O–H groups in total. The average molecular weight is 662 g/mol. The third-order valence-electron chi connectivity index (χ3n) is 7.62. The maximum absolute atomic E-state index is 14.6. The second-order valence-corrected chi connectivity index (χ2v) is 13.4. The van der Waals surface area contributed by atoms with Crippen molar-refractivity contribution in [3.63, 3.8) is 0 Å². The predicted octanol–water partition coefficient (Wildman–Crippen LogP) is 6.33. The SMILES string of the molecule is CCCNC(=O)C(Cc1ccccc1)N(Cc1cccc(OC)c1)C(=O)CN(c1ccc(Cl)cc1C)S(=O)(=O)c1ccc(C)cc1. The second kappa shape index (κ2) is 15.8. The highest BCUT2D eigenvalue weighted by atomic mass is 35.5. The number of carbonyl (C=O) groups is 2. The van der Waals surface area contributed by atoms with Crippen LogP contribution in [-0.2, 0) is 32.6 Å². The Hall–Kier alpha value is -4.34. The highest BCUT2D eigenvalue weighted by Crippen LogP contribution is 2.30. The molecule has 0 aliphatic carbocycles. The Kier molecular flexibility index (Phi) is 11.8. The normalized spacial score (nSPS) is 11.8. The molecule has 46 heavy (non-hydrogen) atoms. The molecule has 0 heterocycles. The van der Waals surface area contributed by atoms with Crippen LogP contribution >= 0.6 is 11.6 Å². The molecule has 0 aromatic heterocycles. The molecule has 10 heteroatoms. The number of hydrogen-bond acceptors (Lipinski definition) is 5. The van der Waals surface area contributed by atoms with Gasteiger partial charge in [0.2, 0.25) is 11.8 Å². The number of carbonyl (C=O) groups excluding carboxylic acids is 2. The molecule has 4 aromatic rings. The number of nitrogens with zero attached hydrogens (tertiary/aromatic N) is 2. The van der Waals surface area contributed by atoms with Crippen molar-refractivity contribution in [3.05, 3.63) is 124 Å². The Labute approximate surface area is 277 Å². The summed E-state index contributed by atoms with van der Waals surface area (Å²) >= 11 is 6.24. The largest absolute Gasteiger partial charge is 0.497 e. The van der Waals surface area contributed by atoms with Crippen LogP contribution in [0.5, 0.6) is 5.75 Å². The lowest BCUT2D eigenvalue weighted by molar-refractivity contribution is -0.140. The van der Waals surface area contributed by atoms with Crippen LogP contribution in [0.15, 0.2) is 102 Å². The van der Waals surface area contributed by atoms with E-state index in [1.807, 2.05) is 56.3 Å². The van der Waals surface area contributed by atoms with Gasteiger partial charge in [-0.1, -0.05) is 78.7 Å². The van der Waals surface area contributed by atoms with Crippen molar-refractivity contribution in [3.8, 4) is 5.75 Å². The summed E-state index contributed by atoms with van der Waals surface area (Å²) in [5.74, 6) is -0.265. The minimum Gasteiger partial charge on any atom is -0.497 e. The van der Waals surface area contributed by atoms with Crippen molar-refractivity contribution in [1.29, 1.82) is 0 Å². The van der Waals surface area contributed by atoms with Crippen molar-refractivity contribution in [2.45, 2.75) is 51.1 Å². The first-order chi connectivity index (χ1) is 22.0. The van der Waals surface area contributed by atoms with Crippen molar-refractivity contribution < 1.29 is 22.7 Å². The van der Waals surface area contributed by atoms with Crippen molar-refractivity contribution in [2.75, 3.05) is 24.5 Å². The lowest BCUT2D eigenvalue weighted by atomic mass is 10.0. The number of aryl methyl sites for hydroxylation is 2. The van der Waals surface area contributed by atoms with Crippen LogP contribution in [0.1, 0.15) is 35.6 Å². The van der Waals surface area contributed by atoms with Crippen LogP contribution in [0.4, 0.5) is 5.69 Å². The number of ether oxygens (including phenoxy) is 1. The van der Waals surface area contributed by atoms with Crippen molar-refractivity contribution in [1.82, 2.24) is 10.2 Å². The van der Waals surface area contributed by atoms with Gasteiger partial charge in [-0.2, -0.15) is 0 Å². The highest BCUT2D eigenvalue weighted by molar-refractivity contribution is 7.92. The average Bonchev–Trinajstić information content (AvgIpc) is 3.05. The van der Waals surface area contributed by atoms with Gasteiger partial charge in [-0.15, -0.1) is 0 Å². The number of nitrogens with one attached hydrogen (secondary N) is 1. The van der Waals surface area contributed by atoms with E-state index in [1.165, 1.54) is 17.0 Å². The summed E-state index contributed by atoms with van der Waals surface area (Å²) in [5.41, 5.74) is 3.38. The van der Waals surface area contributed by atoms with E-state index in [1.54, 1.807) is 56.5 Å². The molecule has 0 spiro atoms. The minimum atomic E-state index is -4.22. The first-order valence-corrected chi connectivity index (χ1v) is 16.9. The summed E-state index contributed by atoms with van der Waals surface area (Å²) in [5, 5.41) is 3.39. The standard InChI is InChI=1S/C36H40ClN3O5S/c1-5-20-38-36(42)34(23-28-10-7-6-8-11-28)39(24-29-12-9-13-31(22-29)45-4)35(41)25-40(33-19-16-30(37)21-27(33)3)46(43,44)32-17-14-26(2)15-18-32/h6-19,21-22,34H,5,20,23-25H2,1-4H3,(H,38,42). The molecule has 2 amide bonds. The maximum Gasteiger partial charge on any atom is 0.264 e. The number of halogens is 1. The van der Waals surface area contributed by atoms with E-state index < -0.39 is 28.5 Å². The van der Waals surface area contributed by atoms with Gasteiger partial charge < -0.3 is 15.0 Å². The van der Waals surface area contributed by atoms with Gasteiger partial charge in [0.1, 0.15) is 18.3 Å². The topological polar surface area (TPSA) is 96.0 Å². The number of sulfonamides is 1. The van der Waals surface area contributed by atoms with Gasteiger partial charge >= 0.3 is 0 Å². The van der Waals surface area contributed by atoms with Gasteiger partial charge in [0, 0.05) is 24.5 Å². The van der Waals surface area contributed by atoms with Gasteiger partial charge in [0.25, 0.3) is 10.0 Å². The molecule has 4 rings (SSSR count). The highest BCUT2D eigenvalue weighted by Gasteiger charge is 2.35. The monoisotopic (exact) mass is 661 g/mol. The fourth-order valence-corrected chi connectivity index (χ4v) is 6.84. The Morgan fingerprint density at radius 2 is 1.59 bits per heavy atom. The molecule has 0 saturated heterocycles. The minimum absolute atomic E-state index is 0.0427. The number of benzene rings is 4. The predicted molar refractivity (Wildman–Crippen MR) is 183 cm³/mol. The fourth-order valence-electron chi connectivity index (χ4n) is 5.14. The molecule has 0 bridgehead atoms. The zero-order chi connectivity index (χ0) is 33.3. The first-order valence-electron chi connectivity index (χ1n) is 15.1. The van der Waals surface area contributed by atoms with Gasteiger partial charge in [-0.05, 0) is 79.4 Å². The molecule has 1 atom stereocenters. The van der Waals surface area contributed by atoms with E-state index in [9.17, 15) is 18.0 Å². The summed E-state index contributed by atoms with van der Waals surface area (Å²) in [6, 6.07) is 27.1. The molecule has 4 aromatic carbocycles. The first kappa shape index (κ1) is 34.5. The van der Waals surface area contributed by atoms with Crippen molar-refractivity contribution >= 4 is 39.1 Å². The molecule has 1 unspecified atom stereocenters. The molecule has 0 saturated carbocycles. The Morgan fingerprint density at radius 3 is 2.24 bits per heavy atom. The molecule has 0 aliphatic rings. The lowest BCUT2D eigenvalue weighted by Crippen LogP contribution is -2.53. The van der Waals surface area contributed by atoms with Crippen LogP contribution in [0.25, 0.3) is 0 Å². The number of amides is 2. The molecular weight excluding hydrogens is 622 g/mol. The summed E-state index contributed by atoms with van der Waals surface area (Å²) < 4.78 is 35.0. The smallest absolute Gasteiger partial charge is 0.264 e. The molecule has 0 aliphatic heterocycles. The van der Waals surface area contributed by atoms with E-state index in [-0.39, 0.29) is 23.8 Å². The number of rotatable bonds is 14. The van der Waals surface area contributed by atoms with Gasteiger partial charge in [0.15, 0.2) is 0 Å². The third kappa shape index (κ3) is 8.68. The summed E-state index contributed by atoms with van der Waals surface area (Å²) in [7, 11) is -2.66. The van der Waals surface area contributed by atoms with E-state index >= 15 is 0 Å². The molecule has 242 valence electrons. The fraction of sp³-hybridized carbons (Fsp3) is 0.278. The molecule has 8 nitrogen and oxygen atoms in total. The molecule has 0 radical (unpaired) electrons. The van der Waals surface area contributed by atoms with Crippen LogP contribution in [0.2, 0.25) is 5.02 Å². The number of methoxy groups -OCH3 is 1. The van der Waals surface area contributed by atoms with Crippen LogP contribution in [-0.4, -0.2) is 51.4 Å². The number of anilines is 1. The zero-order valence-electron chi connectivity index (χ0n) is 26.6. The summed E-state index contributed by atoms with van der Waals surface area (Å²) in [4.78, 5) is 29.9. The van der Waals surface area contributed by atoms with E-state index in [0.29, 0.717) is 35.0 Å².